The second-order valence-electron chi connectivity index (χ2n) is 8.42. The van der Waals surface area contributed by atoms with Gasteiger partial charge in [0.1, 0.15) is 11.8 Å². The largest absolute Gasteiger partial charge is 0.494 e. The van der Waals surface area contributed by atoms with Crippen molar-refractivity contribution in [2.45, 2.75) is 39.3 Å². The molecule has 0 radical (unpaired) electrons. The summed E-state index contributed by atoms with van der Waals surface area (Å²) in [6.45, 7) is 4.75. The molecule has 35 heavy (non-hydrogen) atoms. The summed E-state index contributed by atoms with van der Waals surface area (Å²) >= 11 is 0. The molecule has 1 fully saturated rings. The van der Waals surface area contributed by atoms with Crippen molar-refractivity contribution in [2.75, 3.05) is 16.8 Å². The van der Waals surface area contributed by atoms with Crippen LogP contribution in [0.1, 0.15) is 30.9 Å². The maximum atomic E-state index is 13.4. The molecule has 1 aliphatic rings. The van der Waals surface area contributed by atoms with Crippen molar-refractivity contribution in [3.8, 4) is 5.75 Å². The smallest absolute Gasteiger partial charge is 0.332 e. The number of amides is 4. The predicted molar refractivity (Wildman–Crippen MR) is 133 cm³/mol. The number of benzene rings is 2. The van der Waals surface area contributed by atoms with Crippen molar-refractivity contribution in [1.82, 2.24) is 9.88 Å². The Morgan fingerprint density at radius 3 is 2.46 bits per heavy atom. The monoisotopic (exact) mass is 472 g/mol. The van der Waals surface area contributed by atoms with Crippen LogP contribution in [0.4, 0.5) is 16.2 Å². The van der Waals surface area contributed by atoms with Crippen molar-refractivity contribution in [3.05, 3.63) is 84.2 Å². The molecule has 4 amide bonds. The number of pyridine rings is 1. The number of aromatic nitrogens is 1. The molecule has 0 bridgehead atoms. The Hall–Kier alpha value is -4.20. The lowest BCUT2D eigenvalue weighted by atomic mass is 10.1. The first-order chi connectivity index (χ1) is 17.0. The fourth-order valence-electron chi connectivity index (χ4n) is 3.88. The summed E-state index contributed by atoms with van der Waals surface area (Å²) in [4.78, 5) is 46.3. The van der Waals surface area contributed by atoms with E-state index >= 15 is 0 Å². The summed E-state index contributed by atoms with van der Waals surface area (Å²) in [5.74, 6) is -0.0701. The Morgan fingerprint density at radius 1 is 1.06 bits per heavy atom. The molecular formula is C27H28N4O4. The van der Waals surface area contributed by atoms with Crippen LogP contribution < -0.4 is 15.0 Å². The minimum Gasteiger partial charge on any atom is -0.494 e. The normalized spacial score (nSPS) is 15.4. The van der Waals surface area contributed by atoms with E-state index in [-0.39, 0.29) is 18.9 Å². The number of aryl methyl sites for hydroxylation is 1. The van der Waals surface area contributed by atoms with Crippen LogP contribution >= 0.6 is 0 Å². The highest BCUT2D eigenvalue weighted by Gasteiger charge is 2.46. The number of ether oxygens (including phenoxy) is 1. The Balaban J connectivity index is 1.52. The maximum Gasteiger partial charge on any atom is 0.332 e. The summed E-state index contributed by atoms with van der Waals surface area (Å²) in [5, 5.41) is 2.82. The molecule has 180 valence electrons. The topological polar surface area (TPSA) is 91.8 Å². The van der Waals surface area contributed by atoms with Crippen molar-refractivity contribution in [1.29, 1.82) is 0 Å². The van der Waals surface area contributed by atoms with Gasteiger partial charge < -0.3 is 15.0 Å². The molecule has 3 aromatic rings. The van der Waals surface area contributed by atoms with Gasteiger partial charge in [-0.2, -0.15) is 0 Å². The van der Waals surface area contributed by atoms with Gasteiger partial charge >= 0.3 is 6.03 Å². The SMILES string of the molecule is CCCOc1ccc(NC(=O)CC2C(=O)N(c3ccc(C)cc3)C(=O)N2Cc2cccnc2)cc1. The highest BCUT2D eigenvalue weighted by molar-refractivity contribution is 6.22. The summed E-state index contributed by atoms with van der Waals surface area (Å²) in [5.41, 5.74) is 2.85. The van der Waals surface area contributed by atoms with E-state index in [1.165, 1.54) is 4.90 Å². The molecule has 1 saturated heterocycles. The van der Waals surface area contributed by atoms with Crippen LogP contribution in [0.15, 0.2) is 73.1 Å². The minimum absolute atomic E-state index is 0.165. The van der Waals surface area contributed by atoms with Crippen LogP contribution in [-0.4, -0.2) is 40.4 Å². The molecule has 1 N–H and O–H groups in total. The lowest BCUT2D eigenvalue weighted by Gasteiger charge is -2.21. The van der Waals surface area contributed by atoms with Crippen LogP contribution in [-0.2, 0) is 16.1 Å². The van der Waals surface area contributed by atoms with Crippen molar-refractivity contribution >= 4 is 29.2 Å². The number of anilines is 2. The Morgan fingerprint density at radius 2 is 1.80 bits per heavy atom. The zero-order chi connectivity index (χ0) is 24.8. The first kappa shape index (κ1) is 23.9. The third-order valence-corrected chi connectivity index (χ3v) is 5.68. The molecule has 4 rings (SSSR count). The average molecular weight is 473 g/mol. The number of hydrogen-bond donors (Lipinski definition) is 1. The van der Waals surface area contributed by atoms with Gasteiger partial charge in [-0.15, -0.1) is 0 Å². The molecule has 8 heteroatoms. The van der Waals surface area contributed by atoms with Crippen LogP contribution in [0.3, 0.4) is 0 Å². The van der Waals surface area contributed by atoms with Crippen LogP contribution in [0.25, 0.3) is 0 Å². The number of imide groups is 1. The second-order valence-corrected chi connectivity index (χ2v) is 8.42. The molecule has 1 aliphatic heterocycles. The second kappa shape index (κ2) is 10.8. The van der Waals surface area contributed by atoms with E-state index in [0.717, 1.165) is 28.2 Å². The molecule has 0 spiro atoms. The number of hydrogen-bond acceptors (Lipinski definition) is 5. The van der Waals surface area contributed by atoms with Crippen molar-refractivity contribution < 1.29 is 19.1 Å². The van der Waals surface area contributed by atoms with E-state index in [1.807, 2.05) is 32.0 Å². The van der Waals surface area contributed by atoms with E-state index in [9.17, 15) is 14.4 Å². The molecular weight excluding hydrogens is 444 g/mol. The first-order valence-electron chi connectivity index (χ1n) is 11.6. The summed E-state index contributed by atoms with van der Waals surface area (Å²) in [7, 11) is 0. The molecule has 0 aliphatic carbocycles. The van der Waals surface area contributed by atoms with E-state index < -0.39 is 18.0 Å². The van der Waals surface area contributed by atoms with E-state index in [1.54, 1.807) is 54.9 Å². The van der Waals surface area contributed by atoms with E-state index in [2.05, 4.69) is 10.3 Å². The van der Waals surface area contributed by atoms with Gasteiger partial charge in [0, 0.05) is 24.6 Å². The van der Waals surface area contributed by atoms with E-state index in [0.29, 0.717) is 18.0 Å². The number of carbonyl (C=O) groups excluding carboxylic acids is 3. The van der Waals surface area contributed by atoms with Gasteiger partial charge in [0.25, 0.3) is 5.91 Å². The quantitative estimate of drug-likeness (QED) is 0.462. The fraction of sp³-hybridized carbons (Fsp3) is 0.259. The van der Waals surface area contributed by atoms with Crippen molar-refractivity contribution in [3.63, 3.8) is 0 Å². The molecule has 0 saturated carbocycles. The standard InChI is InChI=1S/C27H28N4O4/c1-3-15-35-23-12-8-21(9-13-23)29-25(32)16-24-26(33)31(22-10-6-19(2)7-11-22)27(34)30(24)18-20-5-4-14-28-17-20/h4-14,17,24H,3,15-16,18H2,1-2H3,(H,29,32). The van der Waals surface area contributed by atoms with Gasteiger partial charge in [0.2, 0.25) is 5.91 Å². The molecule has 2 heterocycles. The third-order valence-electron chi connectivity index (χ3n) is 5.68. The number of urea groups is 1. The van der Waals surface area contributed by atoms with Gasteiger partial charge in [0.05, 0.1) is 18.7 Å². The Labute approximate surface area is 204 Å². The molecule has 1 unspecified atom stereocenters. The highest BCUT2D eigenvalue weighted by Crippen LogP contribution is 2.29. The number of nitrogens with one attached hydrogen (secondary N) is 1. The lowest BCUT2D eigenvalue weighted by molar-refractivity contribution is -0.124. The number of nitrogens with zero attached hydrogens (tertiary/aromatic N) is 3. The van der Waals surface area contributed by atoms with Gasteiger partial charge in [-0.25, -0.2) is 9.69 Å². The zero-order valence-corrected chi connectivity index (χ0v) is 19.8. The molecule has 1 aromatic heterocycles. The van der Waals surface area contributed by atoms with Crippen LogP contribution in [0.2, 0.25) is 0 Å². The minimum atomic E-state index is -0.934. The Bertz CT molecular complexity index is 1180. The highest BCUT2D eigenvalue weighted by atomic mass is 16.5. The third kappa shape index (κ3) is 5.66. The fourth-order valence-corrected chi connectivity index (χ4v) is 3.88. The van der Waals surface area contributed by atoms with Gasteiger partial charge in [-0.1, -0.05) is 30.7 Å². The summed E-state index contributed by atoms with van der Waals surface area (Å²) < 4.78 is 5.57. The molecule has 2 aromatic carbocycles. The zero-order valence-electron chi connectivity index (χ0n) is 19.8. The summed E-state index contributed by atoms with van der Waals surface area (Å²) in [6, 6.07) is 16.4. The van der Waals surface area contributed by atoms with Gasteiger partial charge in [-0.05, 0) is 61.4 Å². The van der Waals surface area contributed by atoms with E-state index in [4.69, 9.17) is 4.74 Å². The average Bonchev–Trinajstić information content (AvgIpc) is 3.08. The maximum absolute atomic E-state index is 13.4. The molecule has 1 atom stereocenters. The lowest BCUT2D eigenvalue weighted by Crippen LogP contribution is -2.37. The number of carbonyl (C=O) groups is 3. The van der Waals surface area contributed by atoms with Crippen LogP contribution in [0, 0.1) is 6.92 Å². The van der Waals surface area contributed by atoms with Crippen LogP contribution in [0.5, 0.6) is 5.75 Å². The summed E-state index contributed by atoms with van der Waals surface area (Å²) in [6.07, 6.45) is 4.03. The molecule has 8 nitrogen and oxygen atoms in total. The first-order valence-corrected chi connectivity index (χ1v) is 11.6. The van der Waals surface area contributed by atoms with Gasteiger partial charge in [-0.3, -0.25) is 14.6 Å². The Kier molecular flexibility index (Phi) is 7.40. The van der Waals surface area contributed by atoms with Crippen molar-refractivity contribution in [2.24, 2.45) is 0 Å². The number of rotatable bonds is 9. The van der Waals surface area contributed by atoms with Gasteiger partial charge in [0.15, 0.2) is 0 Å². The predicted octanol–water partition coefficient (Wildman–Crippen LogP) is 4.55.